The van der Waals surface area contributed by atoms with E-state index in [0.29, 0.717) is 35.5 Å². The number of carbonyl (C=O) groups is 3. The van der Waals surface area contributed by atoms with Crippen LogP contribution in [0.25, 0.3) is 0 Å². The number of para-hydroxylation sites is 1. The van der Waals surface area contributed by atoms with Crippen molar-refractivity contribution >= 4 is 37.5 Å². The van der Waals surface area contributed by atoms with Crippen LogP contribution in [-0.2, 0) is 39.4 Å². The lowest BCUT2D eigenvalue weighted by Gasteiger charge is -2.37. The van der Waals surface area contributed by atoms with Gasteiger partial charge in [-0.15, -0.1) is 0 Å². The molecule has 5 atom stereocenters. The van der Waals surface area contributed by atoms with Gasteiger partial charge in [-0.1, -0.05) is 79.7 Å². The third kappa shape index (κ3) is 5.95. The summed E-state index contributed by atoms with van der Waals surface area (Å²) in [6, 6.07) is 31.3. The van der Waals surface area contributed by atoms with E-state index >= 15 is 4.11 Å². The number of benzene rings is 4. The first kappa shape index (κ1) is 33.8. The molecule has 2 N–H and O–H groups in total. The van der Waals surface area contributed by atoms with Crippen LogP contribution in [0.1, 0.15) is 46.0 Å². The van der Waals surface area contributed by atoms with Crippen molar-refractivity contribution in [2.45, 2.75) is 69.2 Å². The number of anilines is 2. The summed E-state index contributed by atoms with van der Waals surface area (Å²) in [5, 5.41) is 13.2. The summed E-state index contributed by atoms with van der Waals surface area (Å²) in [7, 11) is -3.50. The number of aliphatic hydroxyl groups excluding tert-OH is 1. The molecular formula is C40H42FN3O5Si. The van der Waals surface area contributed by atoms with Crippen LogP contribution in [0.5, 0.6) is 0 Å². The number of nitrogens with zero attached hydrogens (tertiary/aromatic N) is 2. The average Bonchev–Trinajstić information content (AvgIpc) is 3.54. The molecule has 3 heterocycles. The van der Waals surface area contributed by atoms with Gasteiger partial charge in [0.05, 0.1) is 37.4 Å². The van der Waals surface area contributed by atoms with Crippen LogP contribution in [0, 0.1) is 5.92 Å². The largest absolute Gasteiger partial charge is 0.394 e. The van der Waals surface area contributed by atoms with Crippen molar-refractivity contribution in [2.75, 3.05) is 16.8 Å². The van der Waals surface area contributed by atoms with Crippen molar-refractivity contribution in [3.8, 4) is 0 Å². The number of halogens is 1. The maximum absolute atomic E-state index is 16.4. The van der Waals surface area contributed by atoms with Crippen molar-refractivity contribution in [3.63, 3.8) is 0 Å². The van der Waals surface area contributed by atoms with Crippen LogP contribution in [0.2, 0.25) is 18.6 Å². The van der Waals surface area contributed by atoms with E-state index in [1.807, 2.05) is 79.7 Å². The SMILES string of the molecule is C[C@H]1[C@H]([Si](C)(C)F)[C@@H](CC(=O)N2Cc3ccccc3C[C@H]2CO)O[C@]12C(=O)N(Cc1cccc(NC(=O)c3ccccc3)c1)c1ccccc12. The molecular weight excluding hydrogens is 650 g/mol. The van der Waals surface area contributed by atoms with Crippen molar-refractivity contribution in [2.24, 2.45) is 5.92 Å². The van der Waals surface area contributed by atoms with Gasteiger partial charge in [-0.2, -0.15) is 0 Å². The number of rotatable bonds is 8. The minimum atomic E-state index is -3.50. The van der Waals surface area contributed by atoms with Crippen LogP contribution in [0.4, 0.5) is 15.5 Å². The first-order valence-corrected chi connectivity index (χ1v) is 20.2. The fourth-order valence-corrected chi connectivity index (χ4v) is 10.9. The highest BCUT2D eigenvalue weighted by Crippen LogP contribution is 2.60. The van der Waals surface area contributed by atoms with Crippen molar-refractivity contribution < 1.29 is 28.3 Å². The number of amides is 3. The van der Waals surface area contributed by atoms with E-state index in [1.54, 1.807) is 53.2 Å². The Morgan fingerprint density at radius 1 is 0.960 bits per heavy atom. The number of hydrogen-bond acceptors (Lipinski definition) is 5. The molecule has 8 nitrogen and oxygen atoms in total. The van der Waals surface area contributed by atoms with Gasteiger partial charge in [0.2, 0.25) is 14.3 Å². The minimum absolute atomic E-state index is 0.0889. The van der Waals surface area contributed by atoms with Crippen molar-refractivity contribution in [1.82, 2.24) is 4.90 Å². The van der Waals surface area contributed by atoms with E-state index in [9.17, 15) is 19.5 Å². The standard InChI is InChI=1S/C40H42FN3O5Si/c1-26-37(50(2,3)41)35(22-36(46)43-24-30-16-8-7-15-29(30)21-32(43)25-45)49-40(26)33-18-9-10-19-34(33)44(39(40)48)23-27-12-11-17-31(20-27)42-38(47)28-13-5-4-6-14-28/h4-20,26,32,35,37,45H,21-25H2,1-3H3,(H,42,47)/t26-,32-,35+,37-,40+/m0/s1. The molecule has 7 rings (SSSR count). The normalized spacial score (nSPS) is 24.3. The van der Waals surface area contributed by atoms with E-state index < -0.39 is 37.6 Å². The Balaban J connectivity index is 1.17. The van der Waals surface area contributed by atoms with Gasteiger partial charge < -0.3 is 29.1 Å². The van der Waals surface area contributed by atoms with E-state index in [0.717, 1.165) is 16.7 Å². The predicted octanol–water partition coefficient (Wildman–Crippen LogP) is 6.60. The Kier molecular flexibility index (Phi) is 8.96. The van der Waals surface area contributed by atoms with Crippen LogP contribution in [-0.4, -0.2) is 54.9 Å². The molecule has 0 aliphatic carbocycles. The molecule has 4 aromatic carbocycles. The van der Waals surface area contributed by atoms with Gasteiger partial charge in [0.15, 0.2) is 5.60 Å². The second kappa shape index (κ2) is 13.2. The summed E-state index contributed by atoms with van der Waals surface area (Å²) in [6.45, 7) is 5.51. The molecule has 10 heteroatoms. The molecule has 0 aromatic heterocycles. The number of ether oxygens (including phenoxy) is 1. The quantitative estimate of drug-likeness (QED) is 0.160. The third-order valence-electron chi connectivity index (χ3n) is 10.7. The zero-order valence-corrected chi connectivity index (χ0v) is 29.5. The summed E-state index contributed by atoms with van der Waals surface area (Å²) in [5.74, 6) is -1.29. The second-order valence-electron chi connectivity index (χ2n) is 14.2. The van der Waals surface area contributed by atoms with E-state index in [-0.39, 0.29) is 37.3 Å². The topological polar surface area (TPSA) is 99.2 Å². The van der Waals surface area contributed by atoms with Crippen LogP contribution >= 0.6 is 0 Å². The lowest BCUT2D eigenvalue weighted by Crippen LogP contribution is -2.48. The number of nitrogens with one attached hydrogen (secondary N) is 1. The molecule has 0 bridgehead atoms. The Labute approximate surface area is 293 Å². The second-order valence-corrected chi connectivity index (χ2v) is 18.0. The molecule has 3 amide bonds. The van der Waals surface area contributed by atoms with Crippen LogP contribution in [0.15, 0.2) is 103 Å². The number of carbonyl (C=O) groups excluding carboxylic acids is 3. The van der Waals surface area contributed by atoms with Crippen molar-refractivity contribution in [3.05, 3.63) is 131 Å². The van der Waals surface area contributed by atoms with Gasteiger partial charge in [-0.05, 0) is 66.5 Å². The number of hydrogen-bond donors (Lipinski definition) is 2. The van der Waals surface area contributed by atoms with Gasteiger partial charge in [-0.25, -0.2) is 0 Å². The fraction of sp³-hybridized carbons (Fsp3) is 0.325. The lowest BCUT2D eigenvalue weighted by atomic mass is 9.82. The number of fused-ring (bicyclic) bond motifs is 3. The Morgan fingerprint density at radius 3 is 2.40 bits per heavy atom. The Hall–Kier alpha value is -4.64. The monoisotopic (exact) mass is 691 g/mol. The van der Waals surface area contributed by atoms with Crippen molar-refractivity contribution in [1.29, 1.82) is 0 Å². The van der Waals surface area contributed by atoms with Crippen LogP contribution < -0.4 is 10.2 Å². The highest BCUT2D eigenvalue weighted by molar-refractivity contribution is 6.72. The molecule has 0 unspecified atom stereocenters. The summed E-state index contributed by atoms with van der Waals surface area (Å²) in [4.78, 5) is 45.0. The highest BCUT2D eigenvalue weighted by atomic mass is 28.4. The van der Waals surface area contributed by atoms with Gasteiger partial charge in [0.1, 0.15) is 0 Å². The third-order valence-corrected chi connectivity index (χ3v) is 13.1. The van der Waals surface area contributed by atoms with Gasteiger partial charge >= 0.3 is 0 Å². The predicted molar refractivity (Wildman–Crippen MR) is 193 cm³/mol. The Bertz CT molecular complexity index is 1930. The zero-order chi connectivity index (χ0) is 35.2. The first-order chi connectivity index (χ1) is 24.0. The van der Waals surface area contributed by atoms with Gasteiger partial charge in [0.25, 0.3) is 11.8 Å². The van der Waals surface area contributed by atoms with Gasteiger partial charge in [0, 0.05) is 34.8 Å². The summed E-state index contributed by atoms with van der Waals surface area (Å²) < 4.78 is 23.2. The highest BCUT2D eigenvalue weighted by Gasteiger charge is 2.67. The summed E-state index contributed by atoms with van der Waals surface area (Å²) in [5.41, 5.74) is 3.31. The molecule has 258 valence electrons. The molecule has 4 aromatic rings. The molecule has 3 aliphatic heterocycles. The van der Waals surface area contributed by atoms with E-state index in [1.165, 1.54) is 0 Å². The van der Waals surface area contributed by atoms with E-state index in [4.69, 9.17) is 4.74 Å². The molecule has 1 spiro atoms. The smallest absolute Gasteiger partial charge is 0.264 e. The van der Waals surface area contributed by atoms with E-state index in [2.05, 4.69) is 5.32 Å². The lowest BCUT2D eigenvalue weighted by molar-refractivity contribution is -0.151. The fourth-order valence-electron chi connectivity index (χ4n) is 8.41. The average molecular weight is 692 g/mol. The van der Waals surface area contributed by atoms with Gasteiger partial charge in [-0.3, -0.25) is 14.4 Å². The molecule has 1 fully saturated rings. The summed E-state index contributed by atoms with van der Waals surface area (Å²) in [6.07, 6.45) is -0.377. The molecule has 50 heavy (non-hydrogen) atoms. The maximum atomic E-state index is 16.4. The summed E-state index contributed by atoms with van der Waals surface area (Å²) >= 11 is 0. The molecule has 3 aliphatic rings. The first-order valence-electron chi connectivity index (χ1n) is 17.2. The molecule has 0 saturated carbocycles. The Morgan fingerprint density at radius 2 is 1.66 bits per heavy atom. The van der Waals surface area contributed by atoms with Crippen LogP contribution in [0.3, 0.4) is 0 Å². The zero-order valence-electron chi connectivity index (χ0n) is 28.5. The molecule has 1 saturated heterocycles. The maximum Gasteiger partial charge on any atom is 0.264 e. The minimum Gasteiger partial charge on any atom is -0.394 e. The number of aliphatic hydroxyl groups is 1. The molecule has 0 radical (unpaired) electrons.